The third-order valence-corrected chi connectivity index (χ3v) is 5.61. The van der Waals surface area contributed by atoms with E-state index in [0.717, 1.165) is 23.1 Å². The van der Waals surface area contributed by atoms with Crippen LogP contribution in [0.3, 0.4) is 0 Å². The second kappa shape index (κ2) is 11.1. The maximum absolute atomic E-state index is 11.3. The molecule has 8 nitrogen and oxygen atoms in total. The Kier molecular flexibility index (Phi) is 9.50. The van der Waals surface area contributed by atoms with Crippen molar-refractivity contribution in [1.29, 1.82) is 0 Å². The van der Waals surface area contributed by atoms with Crippen LogP contribution < -0.4 is 84.1 Å². The largest absolute Gasteiger partial charge is 1.00 e. The van der Waals surface area contributed by atoms with Gasteiger partial charge in [-0.15, -0.1) is 0 Å². The fraction of sp³-hybridized carbons (Fsp3) is 0.333. The predicted molar refractivity (Wildman–Crippen MR) is 101 cm³/mol. The van der Waals surface area contributed by atoms with Gasteiger partial charge in [0.1, 0.15) is 11.9 Å². The number of carboxylic acids is 2. The number of carbonyl (C=O) groups excluding carboxylic acids is 2. The number of aliphatic hydroxyl groups is 1. The molecule has 11 heteroatoms. The monoisotopic (exact) mass is 477 g/mol. The van der Waals surface area contributed by atoms with Gasteiger partial charge in [0.15, 0.2) is 11.5 Å². The second-order valence-electron chi connectivity index (χ2n) is 7.38. The molecule has 2 atom stereocenters. The van der Waals surface area contributed by atoms with Crippen molar-refractivity contribution in [3.63, 3.8) is 0 Å². The Morgan fingerprint density at radius 2 is 1.75 bits per heavy atom. The molecule has 158 valence electrons. The van der Waals surface area contributed by atoms with Gasteiger partial charge in [0.25, 0.3) is 0 Å². The predicted octanol–water partition coefficient (Wildman–Crippen LogP) is -6.50. The van der Waals surface area contributed by atoms with E-state index in [4.69, 9.17) is 21.1 Å². The molecule has 2 aromatic carbocycles. The van der Waals surface area contributed by atoms with Crippen molar-refractivity contribution in [3.05, 3.63) is 58.1 Å². The molecule has 1 aliphatic heterocycles. The van der Waals surface area contributed by atoms with Crippen molar-refractivity contribution < 1.29 is 93.5 Å². The summed E-state index contributed by atoms with van der Waals surface area (Å²) < 4.78 is 10.1. The summed E-state index contributed by atoms with van der Waals surface area (Å²) in [6, 6.07) is 10.3. The summed E-state index contributed by atoms with van der Waals surface area (Å²) in [5.41, 5.74) is 2.51. The van der Waals surface area contributed by atoms with E-state index in [2.05, 4.69) is 5.32 Å². The van der Waals surface area contributed by atoms with E-state index >= 15 is 0 Å². The first-order valence-electron chi connectivity index (χ1n) is 9.42. The van der Waals surface area contributed by atoms with Gasteiger partial charge in [-0.1, -0.05) is 23.7 Å². The van der Waals surface area contributed by atoms with E-state index in [1.165, 1.54) is 0 Å². The number of hydrogen-bond acceptors (Lipinski definition) is 8. The molecule has 0 saturated carbocycles. The molecule has 1 heterocycles. The van der Waals surface area contributed by atoms with Gasteiger partial charge in [-0.3, -0.25) is 0 Å². The van der Waals surface area contributed by atoms with Crippen molar-refractivity contribution in [2.24, 2.45) is 0 Å². The molecule has 2 aromatic rings. The van der Waals surface area contributed by atoms with Gasteiger partial charge in [0.2, 0.25) is 0 Å². The molecule has 0 bridgehead atoms. The van der Waals surface area contributed by atoms with Crippen molar-refractivity contribution in [3.8, 4) is 11.5 Å². The Hall–Kier alpha value is -0.810. The molecule has 0 amide bonds. The number of aliphatic carboxylic acids is 2. The number of ether oxygens (including phenoxy) is 2. The summed E-state index contributed by atoms with van der Waals surface area (Å²) in [4.78, 5) is 22.5. The molecule has 0 saturated heterocycles. The summed E-state index contributed by atoms with van der Waals surface area (Å²) >= 11 is 5.96. The van der Waals surface area contributed by atoms with Crippen LogP contribution in [-0.2, 0) is 22.4 Å². The van der Waals surface area contributed by atoms with Gasteiger partial charge < -0.3 is 39.7 Å². The zero-order chi connectivity index (χ0) is 21.5. The smallest absolute Gasteiger partial charge is 0.542 e. The fourth-order valence-electron chi connectivity index (χ4n) is 3.79. The average Bonchev–Trinajstić information content (AvgIpc) is 3.10. The molecule has 1 aliphatic carbocycles. The summed E-state index contributed by atoms with van der Waals surface area (Å²) in [6.07, 6.45) is 1.33. The Morgan fingerprint density at radius 3 is 2.34 bits per heavy atom. The number of aliphatic hydroxyl groups excluding tert-OH is 1. The number of nitrogens with one attached hydrogen (secondary N) is 1. The van der Waals surface area contributed by atoms with Crippen LogP contribution in [0.15, 0.2) is 36.4 Å². The molecule has 0 unspecified atom stereocenters. The zero-order valence-electron chi connectivity index (χ0n) is 17.7. The zero-order valence-corrected chi connectivity index (χ0v) is 22.5. The standard InChI is InChI=1S/C21H20ClNO7.2Na/c22-14-3-1-2-12(6-14)16(24)10-23-15-5-4-11-8-17-18(9-13(11)7-15)30-21(29-17,19(25)26)20(27)28;;/h1-3,6,8-9,15-16,23-24H,4-5,7,10H2,(H,25,26)(H,27,28);;/q;2*+1/p-2/t15-,16-;;/m1../s1. The molecule has 32 heavy (non-hydrogen) atoms. The molecule has 2 aliphatic rings. The fourth-order valence-corrected chi connectivity index (χ4v) is 3.99. The molecule has 2 N–H and O–H groups in total. The quantitative estimate of drug-likeness (QED) is 0.310. The number of aryl methyl sites for hydroxylation is 1. The molecular formula is C21H18ClNNa2O7. The van der Waals surface area contributed by atoms with Crippen molar-refractivity contribution in [2.75, 3.05) is 6.54 Å². The Labute approximate surface area is 233 Å². The number of hydrogen-bond donors (Lipinski definition) is 2. The minimum atomic E-state index is -2.98. The van der Waals surface area contributed by atoms with Crippen LogP contribution in [0.4, 0.5) is 0 Å². The number of halogens is 1. The van der Waals surface area contributed by atoms with Crippen LogP contribution in [0, 0.1) is 0 Å². The van der Waals surface area contributed by atoms with Gasteiger partial charge >= 0.3 is 64.9 Å². The maximum atomic E-state index is 11.3. The van der Waals surface area contributed by atoms with Gasteiger partial charge in [0.05, 0.1) is 6.10 Å². The summed E-state index contributed by atoms with van der Waals surface area (Å²) in [5, 5.41) is 36.8. The van der Waals surface area contributed by atoms with Gasteiger partial charge in [-0.2, -0.15) is 0 Å². The Bertz CT molecular complexity index is 1010. The van der Waals surface area contributed by atoms with Crippen LogP contribution in [-0.4, -0.2) is 35.4 Å². The first-order chi connectivity index (χ1) is 14.3. The summed E-state index contributed by atoms with van der Waals surface area (Å²) in [7, 11) is 0. The van der Waals surface area contributed by atoms with Crippen molar-refractivity contribution >= 4 is 23.5 Å². The average molecular weight is 478 g/mol. The molecule has 0 radical (unpaired) electrons. The van der Waals surface area contributed by atoms with E-state index in [9.17, 15) is 24.9 Å². The first kappa shape index (κ1) is 27.4. The third kappa shape index (κ3) is 5.46. The normalized spacial score (nSPS) is 18.5. The summed E-state index contributed by atoms with van der Waals surface area (Å²) in [6.45, 7) is 0.337. The molecular weight excluding hydrogens is 460 g/mol. The number of rotatable bonds is 6. The van der Waals surface area contributed by atoms with Gasteiger partial charge in [-0.05, 0) is 60.2 Å². The molecule has 0 spiro atoms. The molecule has 0 fully saturated rings. The number of carbonyl (C=O) groups is 2. The van der Waals surface area contributed by atoms with Crippen LogP contribution in [0.25, 0.3) is 0 Å². The van der Waals surface area contributed by atoms with Gasteiger partial charge in [-0.25, -0.2) is 0 Å². The van der Waals surface area contributed by atoms with Crippen molar-refractivity contribution in [1.82, 2.24) is 5.32 Å². The first-order valence-corrected chi connectivity index (χ1v) is 9.80. The van der Waals surface area contributed by atoms with Crippen LogP contribution in [0.5, 0.6) is 11.5 Å². The maximum Gasteiger partial charge on any atom is 1.00 e. The van der Waals surface area contributed by atoms with E-state index < -0.39 is 23.8 Å². The second-order valence-corrected chi connectivity index (χ2v) is 7.82. The SMILES string of the molecule is O=C([O-])C1(C(=O)[O-])Oc2cc3c(cc2O1)C[C@H](NC[C@@H](O)c1cccc(Cl)c1)CC3.[Na+].[Na+]. The van der Waals surface area contributed by atoms with Crippen LogP contribution in [0.2, 0.25) is 5.02 Å². The van der Waals surface area contributed by atoms with E-state index in [-0.39, 0.29) is 76.7 Å². The van der Waals surface area contributed by atoms with Gasteiger partial charge in [0, 0.05) is 17.6 Å². The van der Waals surface area contributed by atoms with E-state index in [0.29, 0.717) is 24.4 Å². The van der Waals surface area contributed by atoms with Crippen LogP contribution in [0.1, 0.15) is 29.2 Å². The van der Waals surface area contributed by atoms with Crippen LogP contribution >= 0.6 is 11.6 Å². The molecule has 4 rings (SSSR count). The topological polar surface area (TPSA) is 131 Å². The minimum absolute atomic E-state index is 0. The Balaban J connectivity index is 0.00000181. The Morgan fingerprint density at radius 1 is 1.12 bits per heavy atom. The number of fused-ring (bicyclic) bond motifs is 2. The summed E-state index contributed by atoms with van der Waals surface area (Å²) in [5.74, 6) is -7.01. The number of benzene rings is 2. The third-order valence-electron chi connectivity index (χ3n) is 5.37. The number of carboxylic acid groups (broad SMARTS) is 2. The minimum Gasteiger partial charge on any atom is -0.542 e. The van der Waals surface area contributed by atoms with Crippen molar-refractivity contribution in [2.45, 2.75) is 37.2 Å². The van der Waals surface area contributed by atoms with E-state index in [1.54, 1.807) is 36.4 Å². The van der Waals surface area contributed by atoms with E-state index in [1.807, 2.05) is 0 Å². The molecule has 0 aromatic heterocycles.